The number of ether oxygens (including phenoxy) is 2. The van der Waals surface area contributed by atoms with E-state index < -0.39 is 17.9 Å². The van der Waals surface area contributed by atoms with Crippen LogP contribution in [0.5, 0.6) is 0 Å². The Labute approximate surface area is 180 Å². The van der Waals surface area contributed by atoms with Crippen LogP contribution in [0.4, 0.5) is 5.69 Å². The number of hydrogen-bond donors (Lipinski definition) is 0. The van der Waals surface area contributed by atoms with Crippen molar-refractivity contribution in [3.63, 3.8) is 0 Å². The third-order valence-electron chi connectivity index (χ3n) is 5.03. The number of amides is 1. The summed E-state index contributed by atoms with van der Waals surface area (Å²) in [6, 6.07) is 13.5. The predicted molar refractivity (Wildman–Crippen MR) is 114 cm³/mol. The first-order valence-corrected chi connectivity index (χ1v) is 10.2. The zero-order valence-electron chi connectivity index (χ0n) is 17.6. The van der Waals surface area contributed by atoms with Crippen LogP contribution in [-0.2, 0) is 19.1 Å². The Morgan fingerprint density at radius 1 is 0.968 bits per heavy atom. The van der Waals surface area contributed by atoms with E-state index in [0.717, 1.165) is 12.0 Å². The van der Waals surface area contributed by atoms with Gasteiger partial charge in [0.15, 0.2) is 12.4 Å². The lowest BCUT2D eigenvalue weighted by Crippen LogP contribution is -2.27. The molecule has 0 bridgehead atoms. The number of rotatable bonds is 8. The van der Waals surface area contributed by atoms with Gasteiger partial charge in [0.2, 0.25) is 5.91 Å². The topological polar surface area (TPSA) is 90.0 Å². The number of benzene rings is 2. The maximum absolute atomic E-state index is 12.4. The van der Waals surface area contributed by atoms with E-state index in [2.05, 4.69) is 0 Å². The first-order chi connectivity index (χ1) is 14.9. The van der Waals surface area contributed by atoms with Crippen molar-refractivity contribution in [2.45, 2.75) is 26.7 Å². The van der Waals surface area contributed by atoms with Crippen LogP contribution in [0.1, 0.15) is 46.0 Å². The average molecular weight is 423 g/mol. The Kier molecular flexibility index (Phi) is 7.18. The summed E-state index contributed by atoms with van der Waals surface area (Å²) in [6.45, 7) is 3.98. The number of aryl methyl sites for hydroxylation is 1. The maximum atomic E-state index is 12.4. The van der Waals surface area contributed by atoms with Crippen molar-refractivity contribution < 1.29 is 28.7 Å². The van der Waals surface area contributed by atoms with Gasteiger partial charge in [-0.05, 0) is 37.6 Å². The molecule has 0 radical (unpaired) electrons. The van der Waals surface area contributed by atoms with Gasteiger partial charge in [0.25, 0.3) is 0 Å². The first kappa shape index (κ1) is 22.2. The molecular weight excluding hydrogens is 398 g/mol. The van der Waals surface area contributed by atoms with E-state index in [4.69, 9.17) is 9.47 Å². The lowest BCUT2D eigenvalue weighted by molar-refractivity contribution is -0.147. The molecule has 0 saturated carbocycles. The molecule has 0 aliphatic carbocycles. The lowest BCUT2D eigenvalue weighted by Gasteiger charge is -2.17. The number of anilines is 1. The molecule has 1 fully saturated rings. The van der Waals surface area contributed by atoms with Gasteiger partial charge in [0.1, 0.15) is 0 Å². The minimum absolute atomic E-state index is 0.0118. The first-order valence-electron chi connectivity index (χ1n) is 10.2. The second-order valence-corrected chi connectivity index (χ2v) is 7.49. The summed E-state index contributed by atoms with van der Waals surface area (Å²) >= 11 is 0. The summed E-state index contributed by atoms with van der Waals surface area (Å²) in [4.78, 5) is 50.4. The van der Waals surface area contributed by atoms with Crippen molar-refractivity contribution in [2.75, 3.05) is 24.7 Å². The number of carbonyl (C=O) groups is 4. The predicted octanol–water partition coefficient (Wildman–Crippen LogP) is 3.34. The fourth-order valence-electron chi connectivity index (χ4n) is 3.25. The Morgan fingerprint density at radius 2 is 1.61 bits per heavy atom. The highest BCUT2D eigenvalue weighted by Crippen LogP contribution is 2.26. The van der Waals surface area contributed by atoms with E-state index in [9.17, 15) is 19.2 Å². The molecule has 0 unspecified atom stereocenters. The zero-order chi connectivity index (χ0) is 22.4. The minimum Gasteiger partial charge on any atom is -0.462 e. The van der Waals surface area contributed by atoms with E-state index >= 15 is 0 Å². The molecule has 0 spiro atoms. The smallest absolute Gasteiger partial charge is 0.338 e. The Morgan fingerprint density at radius 3 is 2.26 bits per heavy atom. The van der Waals surface area contributed by atoms with E-state index in [-0.39, 0.29) is 31.3 Å². The van der Waals surface area contributed by atoms with Gasteiger partial charge in [-0.3, -0.25) is 14.4 Å². The van der Waals surface area contributed by atoms with Crippen LogP contribution in [-0.4, -0.2) is 43.4 Å². The largest absolute Gasteiger partial charge is 0.462 e. The van der Waals surface area contributed by atoms with Gasteiger partial charge in [0.05, 0.1) is 18.1 Å². The van der Waals surface area contributed by atoms with Crippen LogP contribution in [0.3, 0.4) is 0 Å². The molecule has 2 aromatic rings. The van der Waals surface area contributed by atoms with Crippen molar-refractivity contribution in [3.05, 3.63) is 65.2 Å². The molecule has 1 heterocycles. The van der Waals surface area contributed by atoms with Crippen LogP contribution < -0.4 is 4.90 Å². The Bertz CT molecular complexity index is 965. The van der Waals surface area contributed by atoms with Gasteiger partial charge in [-0.15, -0.1) is 0 Å². The molecule has 162 valence electrons. The minimum atomic E-state index is -0.646. The third kappa shape index (κ3) is 5.57. The summed E-state index contributed by atoms with van der Waals surface area (Å²) in [7, 11) is 0. The molecule has 7 nitrogen and oxygen atoms in total. The van der Waals surface area contributed by atoms with Crippen LogP contribution in [0, 0.1) is 12.8 Å². The normalized spacial score (nSPS) is 15.6. The summed E-state index contributed by atoms with van der Waals surface area (Å²) in [6.07, 6.45) is 0.748. The Balaban J connectivity index is 1.55. The van der Waals surface area contributed by atoms with Gasteiger partial charge in [-0.1, -0.05) is 36.8 Å². The number of nitrogens with zero attached hydrogens (tertiary/aromatic N) is 1. The van der Waals surface area contributed by atoms with Crippen molar-refractivity contribution in [1.29, 1.82) is 0 Å². The quantitative estimate of drug-likeness (QED) is 0.478. The molecule has 0 N–H and O–H groups in total. The fraction of sp³-hybridized carbons (Fsp3) is 0.333. The van der Waals surface area contributed by atoms with E-state index in [0.29, 0.717) is 23.4 Å². The summed E-state index contributed by atoms with van der Waals surface area (Å²) in [5, 5.41) is 0. The molecule has 31 heavy (non-hydrogen) atoms. The zero-order valence-corrected chi connectivity index (χ0v) is 17.6. The monoisotopic (exact) mass is 423 g/mol. The SMILES string of the molecule is CCCOC(=O)c1ccc(N2C[C@H](C(=O)OCC(=O)c3ccc(C)cc3)CC2=O)cc1. The second-order valence-electron chi connectivity index (χ2n) is 7.49. The van der Waals surface area contributed by atoms with E-state index in [1.54, 1.807) is 36.4 Å². The van der Waals surface area contributed by atoms with Gasteiger partial charge in [-0.2, -0.15) is 0 Å². The second kappa shape index (κ2) is 10.0. The molecule has 2 aromatic carbocycles. The van der Waals surface area contributed by atoms with Crippen LogP contribution in [0.15, 0.2) is 48.5 Å². The van der Waals surface area contributed by atoms with Crippen molar-refractivity contribution >= 4 is 29.3 Å². The lowest BCUT2D eigenvalue weighted by atomic mass is 10.1. The number of hydrogen-bond acceptors (Lipinski definition) is 6. The van der Waals surface area contributed by atoms with Crippen molar-refractivity contribution in [1.82, 2.24) is 0 Å². The van der Waals surface area contributed by atoms with Crippen LogP contribution >= 0.6 is 0 Å². The van der Waals surface area contributed by atoms with Crippen molar-refractivity contribution in [3.8, 4) is 0 Å². The van der Waals surface area contributed by atoms with Gasteiger partial charge in [0, 0.05) is 24.2 Å². The highest BCUT2D eigenvalue weighted by Gasteiger charge is 2.36. The molecule has 1 aliphatic rings. The molecule has 1 amide bonds. The van der Waals surface area contributed by atoms with E-state index in [1.165, 1.54) is 4.90 Å². The van der Waals surface area contributed by atoms with Crippen LogP contribution in [0.25, 0.3) is 0 Å². The highest BCUT2D eigenvalue weighted by atomic mass is 16.5. The summed E-state index contributed by atoms with van der Waals surface area (Å²) in [5.41, 5.74) is 2.49. The fourth-order valence-corrected chi connectivity index (χ4v) is 3.25. The molecule has 0 aromatic heterocycles. The summed E-state index contributed by atoms with van der Waals surface area (Å²) < 4.78 is 10.3. The van der Waals surface area contributed by atoms with Crippen LogP contribution in [0.2, 0.25) is 0 Å². The summed E-state index contributed by atoms with van der Waals surface area (Å²) in [5.74, 6) is -2.14. The molecule has 7 heteroatoms. The molecule has 1 atom stereocenters. The highest BCUT2D eigenvalue weighted by molar-refractivity contribution is 6.01. The van der Waals surface area contributed by atoms with Gasteiger partial charge in [-0.25, -0.2) is 4.79 Å². The molecule has 3 rings (SSSR count). The molecule has 1 saturated heterocycles. The average Bonchev–Trinajstić information content (AvgIpc) is 3.17. The van der Waals surface area contributed by atoms with E-state index in [1.807, 2.05) is 26.0 Å². The number of Topliss-reactive ketones (excluding diaryl/α,β-unsaturated/α-hetero) is 1. The van der Waals surface area contributed by atoms with Gasteiger partial charge < -0.3 is 14.4 Å². The van der Waals surface area contributed by atoms with Gasteiger partial charge >= 0.3 is 11.9 Å². The molecule has 1 aliphatic heterocycles. The van der Waals surface area contributed by atoms with Crippen molar-refractivity contribution in [2.24, 2.45) is 5.92 Å². The molecular formula is C24H25NO6. The number of esters is 2. The third-order valence-corrected chi connectivity index (χ3v) is 5.03. The number of carbonyl (C=O) groups excluding carboxylic acids is 4. The standard InChI is InChI=1S/C24H25NO6/c1-3-12-30-23(28)18-8-10-20(11-9-18)25-14-19(13-22(25)27)24(29)31-15-21(26)17-6-4-16(2)5-7-17/h4-11,19H,3,12-15H2,1-2H3/t19-/m1/s1. The Hall–Kier alpha value is -3.48. The number of ketones is 1. The maximum Gasteiger partial charge on any atom is 0.338 e.